The van der Waals surface area contributed by atoms with E-state index in [-0.39, 0.29) is 0 Å². The van der Waals surface area contributed by atoms with Gasteiger partial charge in [-0.1, -0.05) is 98.1 Å². The molecule has 35 heavy (non-hydrogen) atoms. The molecule has 1 N–H and O–H groups in total. The van der Waals surface area contributed by atoms with Crippen molar-refractivity contribution in [2.45, 2.75) is 70.0 Å². The summed E-state index contributed by atoms with van der Waals surface area (Å²) in [5.41, 5.74) is 4.14. The highest BCUT2D eigenvalue weighted by atomic mass is 16.5. The van der Waals surface area contributed by atoms with Crippen LogP contribution in [0.25, 0.3) is 0 Å². The van der Waals surface area contributed by atoms with Gasteiger partial charge in [-0.25, -0.2) is 0 Å². The lowest BCUT2D eigenvalue weighted by molar-refractivity contribution is 0.108. The number of hydrogen-bond donors (Lipinski definition) is 1. The molecule has 1 aliphatic rings. The molecule has 3 aromatic rings. The van der Waals surface area contributed by atoms with Crippen molar-refractivity contribution in [2.75, 3.05) is 20.2 Å². The summed E-state index contributed by atoms with van der Waals surface area (Å²) in [6.07, 6.45) is 10.3. The zero-order valence-electron chi connectivity index (χ0n) is 21.4. The van der Waals surface area contributed by atoms with Crippen molar-refractivity contribution >= 4 is 0 Å². The summed E-state index contributed by atoms with van der Waals surface area (Å²) in [6.45, 7) is 3.22. The van der Waals surface area contributed by atoms with Crippen molar-refractivity contribution in [2.24, 2.45) is 0 Å². The van der Waals surface area contributed by atoms with Crippen LogP contribution in [-0.2, 0) is 13.0 Å². The maximum atomic E-state index is 5.59. The average molecular weight is 471 g/mol. The van der Waals surface area contributed by atoms with Gasteiger partial charge >= 0.3 is 0 Å². The molecular formula is C32H42N2O. The fraction of sp³-hybridized carbons (Fsp3) is 0.438. The molecule has 4 rings (SSSR count). The minimum atomic E-state index is 0.428. The zero-order valence-corrected chi connectivity index (χ0v) is 21.4. The molecular weight excluding hydrogens is 428 g/mol. The lowest BCUT2D eigenvalue weighted by Crippen LogP contribution is -2.48. The van der Waals surface area contributed by atoms with Gasteiger partial charge < -0.3 is 10.1 Å². The normalized spacial score (nSPS) is 18.4. The predicted octanol–water partition coefficient (Wildman–Crippen LogP) is 7.18. The second-order valence-electron chi connectivity index (χ2n) is 9.84. The lowest BCUT2D eigenvalue weighted by Gasteiger charge is -2.42. The predicted molar refractivity (Wildman–Crippen MR) is 147 cm³/mol. The summed E-state index contributed by atoms with van der Waals surface area (Å²) in [6, 6.07) is 31.3. The van der Waals surface area contributed by atoms with Gasteiger partial charge in [0.05, 0.1) is 13.2 Å². The SMILES string of the molecule is COc1ccccc1CN[C@H]1CCCN(CCCCCCCc2ccccc2)[C@H]1c1ccccc1. The maximum absolute atomic E-state index is 5.59. The minimum Gasteiger partial charge on any atom is -0.496 e. The van der Waals surface area contributed by atoms with Gasteiger partial charge in [0.15, 0.2) is 0 Å². The Morgan fingerprint density at radius 3 is 2.29 bits per heavy atom. The standard InChI is InChI=1S/C32H42N2O/c1-35-31-23-13-12-21-29(31)26-33-30-22-15-25-34(32(30)28-19-10-6-11-20-28)24-14-4-2-3-7-16-27-17-8-5-9-18-27/h5-6,8-13,17-21,23,30,32-33H,2-4,7,14-16,22,24-26H2,1H3/t30-,32-/m0/s1. The molecule has 1 saturated heterocycles. The van der Waals surface area contributed by atoms with Gasteiger partial charge in [-0.3, -0.25) is 4.90 Å². The fourth-order valence-corrected chi connectivity index (χ4v) is 5.53. The molecule has 3 heteroatoms. The Labute approximate surface area is 212 Å². The van der Waals surface area contributed by atoms with Gasteiger partial charge in [0, 0.05) is 18.2 Å². The second-order valence-corrected chi connectivity index (χ2v) is 9.84. The van der Waals surface area contributed by atoms with Crippen LogP contribution in [0, 0.1) is 0 Å². The molecule has 0 saturated carbocycles. The molecule has 3 aromatic carbocycles. The lowest BCUT2D eigenvalue weighted by atomic mass is 9.89. The maximum Gasteiger partial charge on any atom is 0.123 e. The third-order valence-corrected chi connectivity index (χ3v) is 7.38. The third kappa shape index (κ3) is 7.68. The van der Waals surface area contributed by atoms with Crippen LogP contribution < -0.4 is 10.1 Å². The Balaban J connectivity index is 1.29. The number of para-hydroxylation sites is 1. The van der Waals surface area contributed by atoms with Gasteiger partial charge in [0.1, 0.15) is 5.75 Å². The van der Waals surface area contributed by atoms with Crippen LogP contribution in [0.3, 0.4) is 0 Å². The number of methoxy groups -OCH3 is 1. The van der Waals surface area contributed by atoms with Crippen LogP contribution in [0.5, 0.6) is 5.75 Å². The van der Waals surface area contributed by atoms with Crippen molar-refractivity contribution in [1.29, 1.82) is 0 Å². The Bertz CT molecular complexity index is 975. The molecule has 0 spiro atoms. The molecule has 1 fully saturated rings. The van der Waals surface area contributed by atoms with Gasteiger partial charge in [0.2, 0.25) is 0 Å². The number of ether oxygens (including phenoxy) is 1. The van der Waals surface area contributed by atoms with Crippen molar-refractivity contribution < 1.29 is 4.74 Å². The van der Waals surface area contributed by atoms with E-state index >= 15 is 0 Å². The molecule has 0 bridgehead atoms. The Kier molecular flexibility index (Phi) is 10.2. The van der Waals surface area contributed by atoms with Crippen molar-refractivity contribution in [3.63, 3.8) is 0 Å². The molecule has 1 aliphatic heterocycles. The molecule has 186 valence electrons. The second kappa shape index (κ2) is 14.1. The van der Waals surface area contributed by atoms with Crippen molar-refractivity contribution in [1.82, 2.24) is 10.2 Å². The molecule has 0 amide bonds. The summed E-state index contributed by atoms with van der Waals surface area (Å²) < 4.78 is 5.59. The largest absolute Gasteiger partial charge is 0.496 e. The number of benzene rings is 3. The Morgan fingerprint density at radius 1 is 0.800 bits per heavy atom. The van der Waals surface area contributed by atoms with Crippen molar-refractivity contribution in [3.05, 3.63) is 102 Å². The van der Waals surface area contributed by atoms with Crippen molar-refractivity contribution in [3.8, 4) is 5.75 Å². The molecule has 2 atom stereocenters. The summed E-state index contributed by atoms with van der Waals surface area (Å²) in [4.78, 5) is 2.74. The van der Waals surface area contributed by atoms with Gasteiger partial charge in [-0.15, -0.1) is 0 Å². The number of nitrogens with zero attached hydrogens (tertiary/aromatic N) is 1. The smallest absolute Gasteiger partial charge is 0.123 e. The van der Waals surface area contributed by atoms with Crippen LogP contribution in [0.2, 0.25) is 0 Å². The first-order valence-electron chi connectivity index (χ1n) is 13.5. The Hall–Kier alpha value is -2.62. The van der Waals surface area contributed by atoms with Crippen LogP contribution in [-0.4, -0.2) is 31.1 Å². The van der Waals surface area contributed by atoms with E-state index in [1.54, 1.807) is 7.11 Å². The van der Waals surface area contributed by atoms with E-state index in [0.717, 1.165) is 12.3 Å². The first-order chi connectivity index (χ1) is 17.3. The van der Waals surface area contributed by atoms with Gasteiger partial charge in [-0.2, -0.15) is 0 Å². The molecule has 1 heterocycles. The minimum absolute atomic E-state index is 0.428. The first kappa shape index (κ1) is 25.5. The number of likely N-dealkylation sites (tertiary alicyclic amines) is 1. The fourth-order valence-electron chi connectivity index (χ4n) is 5.53. The summed E-state index contributed by atoms with van der Waals surface area (Å²) >= 11 is 0. The number of unbranched alkanes of at least 4 members (excludes halogenated alkanes) is 4. The van der Waals surface area contributed by atoms with Gasteiger partial charge in [-0.05, 0) is 62.4 Å². The first-order valence-corrected chi connectivity index (χ1v) is 13.5. The number of rotatable bonds is 13. The highest BCUT2D eigenvalue weighted by Crippen LogP contribution is 2.32. The number of aryl methyl sites for hydroxylation is 1. The molecule has 0 unspecified atom stereocenters. The number of hydrogen-bond acceptors (Lipinski definition) is 3. The average Bonchev–Trinajstić information content (AvgIpc) is 2.92. The summed E-state index contributed by atoms with van der Waals surface area (Å²) in [5.74, 6) is 0.969. The zero-order chi connectivity index (χ0) is 24.1. The van der Waals surface area contributed by atoms with Crippen LogP contribution in [0.1, 0.15) is 67.7 Å². The third-order valence-electron chi connectivity index (χ3n) is 7.38. The van der Waals surface area contributed by atoms with E-state index in [4.69, 9.17) is 4.74 Å². The summed E-state index contributed by atoms with van der Waals surface area (Å²) in [7, 11) is 1.76. The van der Waals surface area contributed by atoms with Crippen LogP contribution >= 0.6 is 0 Å². The Morgan fingerprint density at radius 2 is 1.49 bits per heavy atom. The highest BCUT2D eigenvalue weighted by molar-refractivity contribution is 5.33. The van der Waals surface area contributed by atoms with Crippen LogP contribution in [0.4, 0.5) is 0 Å². The van der Waals surface area contributed by atoms with Crippen LogP contribution in [0.15, 0.2) is 84.9 Å². The van der Waals surface area contributed by atoms with E-state index in [9.17, 15) is 0 Å². The number of nitrogens with one attached hydrogen (secondary N) is 1. The quantitative estimate of drug-likeness (QED) is 0.268. The molecule has 0 aromatic heterocycles. The van der Waals surface area contributed by atoms with E-state index in [0.29, 0.717) is 12.1 Å². The molecule has 0 radical (unpaired) electrons. The van der Waals surface area contributed by atoms with E-state index < -0.39 is 0 Å². The van der Waals surface area contributed by atoms with E-state index in [2.05, 4.69) is 89.1 Å². The monoisotopic (exact) mass is 470 g/mol. The topological polar surface area (TPSA) is 24.5 Å². The van der Waals surface area contributed by atoms with E-state index in [1.807, 2.05) is 6.07 Å². The van der Waals surface area contributed by atoms with Gasteiger partial charge in [0.25, 0.3) is 0 Å². The summed E-state index contributed by atoms with van der Waals surface area (Å²) in [5, 5.41) is 3.90. The van der Waals surface area contributed by atoms with E-state index in [1.165, 1.54) is 81.1 Å². The molecule has 3 nitrogen and oxygen atoms in total. The number of piperidine rings is 1. The highest BCUT2D eigenvalue weighted by Gasteiger charge is 2.32. The molecule has 0 aliphatic carbocycles.